The van der Waals surface area contributed by atoms with Crippen LogP contribution < -0.4 is 30.7 Å². The van der Waals surface area contributed by atoms with Gasteiger partial charge in [-0.2, -0.15) is 0 Å². The van der Waals surface area contributed by atoms with E-state index in [1.54, 1.807) is 83.2 Å². The SMILES string of the molecule is CC.CNC[C@@H](O)COc1ccc(Cl)c(-c2nc(NC3CCN(C)CC3(F)F)c(C)c(-c3c(C)noc3C)n2)c1.CNC[C@@H](O)COc1ccc(Cl)c(-c2nc(NC3CCO[C@@H](C)C3)c(C)c(-c3c(C)noc3C)n2)c1. The average Bonchev–Trinajstić information content (AvgIpc) is 3.90. The summed E-state index contributed by atoms with van der Waals surface area (Å²) in [6.45, 7) is 19.1. The van der Waals surface area contributed by atoms with Gasteiger partial charge in [-0.25, -0.2) is 28.7 Å². The van der Waals surface area contributed by atoms with Crippen LogP contribution in [-0.4, -0.2) is 149 Å². The Morgan fingerprint density at radius 2 is 1.21 bits per heavy atom. The number of nitrogens with one attached hydrogen (secondary N) is 4. The minimum absolute atomic E-state index is 0.0685. The monoisotopic (exact) mass is 1100 g/mol. The molecule has 22 heteroatoms. The van der Waals surface area contributed by atoms with Crippen LogP contribution in [0.3, 0.4) is 0 Å². The summed E-state index contributed by atoms with van der Waals surface area (Å²) in [6.07, 6.45) is 0.881. The van der Waals surface area contributed by atoms with E-state index in [4.69, 9.17) is 61.4 Å². The van der Waals surface area contributed by atoms with Gasteiger partial charge in [0.05, 0.1) is 62.6 Å². The van der Waals surface area contributed by atoms with Gasteiger partial charge >= 0.3 is 0 Å². The van der Waals surface area contributed by atoms with Gasteiger partial charge in [0.2, 0.25) is 0 Å². The van der Waals surface area contributed by atoms with Gasteiger partial charge in [-0.1, -0.05) is 47.4 Å². The van der Waals surface area contributed by atoms with E-state index in [-0.39, 0.29) is 50.0 Å². The summed E-state index contributed by atoms with van der Waals surface area (Å²) < 4.78 is 58.0. The van der Waals surface area contributed by atoms with Crippen molar-refractivity contribution in [3.63, 3.8) is 0 Å². The summed E-state index contributed by atoms with van der Waals surface area (Å²) >= 11 is 13.2. The first-order valence-corrected chi connectivity index (χ1v) is 26.4. The molecule has 2 saturated heterocycles. The lowest BCUT2D eigenvalue weighted by Gasteiger charge is -2.37. The van der Waals surface area contributed by atoms with Crippen LogP contribution in [0.15, 0.2) is 45.4 Å². The predicted octanol–water partition coefficient (Wildman–Crippen LogP) is 9.43. The number of anilines is 2. The van der Waals surface area contributed by atoms with Crippen molar-refractivity contribution < 1.29 is 42.3 Å². The van der Waals surface area contributed by atoms with Crippen LogP contribution in [0.25, 0.3) is 45.3 Å². The Balaban J connectivity index is 0.000000239. The van der Waals surface area contributed by atoms with Gasteiger partial charge in [-0.3, -0.25) is 0 Å². The lowest BCUT2D eigenvalue weighted by atomic mass is 10.00. The van der Waals surface area contributed by atoms with Crippen LogP contribution in [0.4, 0.5) is 20.4 Å². The molecule has 2 unspecified atom stereocenters. The number of rotatable bonds is 18. The summed E-state index contributed by atoms with van der Waals surface area (Å²) in [4.78, 5) is 20.9. The molecule has 2 fully saturated rings. The van der Waals surface area contributed by atoms with E-state index in [0.29, 0.717) is 98.8 Å². The van der Waals surface area contributed by atoms with E-state index in [0.717, 1.165) is 41.2 Å². The van der Waals surface area contributed by atoms with Gasteiger partial charge in [0.25, 0.3) is 5.92 Å². The molecule has 2 aromatic carbocycles. The van der Waals surface area contributed by atoms with E-state index in [1.807, 2.05) is 34.6 Å². The minimum Gasteiger partial charge on any atom is -0.491 e. The topological polar surface area (TPSA) is 223 Å². The largest absolute Gasteiger partial charge is 0.491 e. The number of hydrogen-bond donors (Lipinski definition) is 6. The van der Waals surface area contributed by atoms with Crippen molar-refractivity contribution in [2.45, 2.75) is 118 Å². The summed E-state index contributed by atoms with van der Waals surface area (Å²) in [5.41, 5.74) is 6.73. The van der Waals surface area contributed by atoms with Gasteiger partial charge in [0, 0.05) is 54.5 Å². The highest BCUT2D eigenvalue weighted by atomic mass is 35.5. The Labute approximate surface area is 454 Å². The van der Waals surface area contributed by atoms with Crippen molar-refractivity contribution >= 4 is 34.8 Å². The molecule has 8 rings (SSSR count). The van der Waals surface area contributed by atoms with E-state index >= 15 is 0 Å². The molecule has 6 heterocycles. The fourth-order valence-electron chi connectivity index (χ4n) is 8.96. The highest BCUT2D eigenvalue weighted by Gasteiger charge is 2.44. The van der Waals surface area contributed by atoms with E-state index < -0.39 is 24.2 Å². The van der Waals surface area contributed by atoms with Crippen LogP contribution in [0.5, 0.6) is 11.5 Å². The molecule has 18 nitrogen and oxygen atoms in total. The first kappa shape index (κ1) is 59.7. The van der Waals surface area contributed by atoms with E-state index in [9.17, 15) is 19.0 Å². The number of aliphatic hydroxyl groups excluding tert-OH is 2. The Bertz CT molecular complexity index is 2830. The number of nitrogens with zero attached hydrogens (tertiary/aromatic N) is 7. The Morgan fingerprint density at radius 3 is 1.63 bits per heavy atom. The Hall–Kier alpha value is -5.58. The molecule has 0 radical (unpaired) electrons. The molecule has 2 aliphatic rings. The zero-order chi connectivity index (χ0) is 55.4. The van der Waals surface area contributed by atoms with Crippen LogP contribution >= 0.6 is 23.2 Å². The normalized spacial score (nSPS) is 18.2. The number of hydrogen-bond acceptors (Lipinski definition) is 18. The highest BCUT2D eigenvalue weighted by molar-refractivity contribution is 6.33. The van der Waals surface area contributed by atoms with Crippen molar-refractivity contribution in [3.8, 4) is 56.8 Å². The molecule has 0 amide bonds. The van der Waals surface area contributed by atoms with Crippen LogP contribution in [-0.2, 0) is 4.74 Å². The number of benzene rings is 2. The number of piperidine rings is 1. The molecule has 5 atom stereocenters. The number of alkyl halides is 2. The molecule has 6 aromatic rings. The molecule has 0 aliphatic carbocycles. The summed E-state index contributed by atoms with van der Waals surface area (Å²) in [6, 6.07) is 9.45. The van der Waals surface area contributed by atoms with Crippen LogP contribution in [0.2, 0.25) is 10.0 Å². The number of likely N-dealkylation sites (N-methyl/N-ethyl adjacent to an activating group) is 2. The third-order valence-electron chi connectivity index (χ3n) is 12.9. The molecular formula is C54H73Cl2F2N11O7. The second-order valence-corrected chi connectivity index (χ2v) is 19.8. The fraction of sp³-hybridized carbons (Fsp3) is 0.519. The maximum atomic E-state index is 14.9. The first-order valence-electron chi connectivity index (χ1n) is 25.6. The molecule has 0 saturated carbocycles. The van der Waals surface area contributed by atoms with Crippen molar-refractivity contribution in [2.24, 2.45) is 0 Å². The van der Waals surface area contributed by atoms with Crippen molar-refractivity contribution in [1.29, 1.82) is 0 Å². The number of aliphatic hydroxyl groups is 2. The predicted molar refractivity (Wildman–Crippen MR) is 293 cm³/mol. The fourth-order valence-corrected chi connectivity index (χ4v) is 9.37. The zero-order valence-electron chi connectivity index (χ0n) is 45.5. The first-order chi connectivity index (χ1) is 36.3. The number of aryl methyl sites for hydroxylation is 4. The molecular weight excluding hydrogens is 1020 g/mol. The zero-order valence-corrected chi connectivity index (χ0v) is 47.0. The van der Waals surface area contributed by atoms with Gasteiger partial charge in [-0.05, 0) is 125 Å². The summed E-state index contributed by atoms with van der Waals surface area (Å²) in [5.74, 6) is 1.03. The standard InChI is InChI=1S/C26H33ClF2N6O3.C26H34ClN5O4.C2H6/c1-14-23(22-15(2)34-38-16(22)3)32-25(33-24(14)31-21-8-9-35(5)13-26(21,28)29)19-10-18(6-7-20(19)27)37-12-17(36)11-30-4;1-14-10-18(8-9-34-14)29-25-15(2)24(23-16(3)32-36-17(23)4)30-26(31-25)21-11-20(6-7-22(21)27)35-13-19(33)12-28-5;1-2/h6-7,10,17,21,30,36H,8-9,11-13H2,1-5H3,(H,31,32,33);6-7,11,14,18-19,28,33H,8-10,12-13H2,1-5H3,(H,29,30,31);1-2H3/t17-,21?;14-,18?,19+;/m10./s1. The maximum absolute atomic E-state index is 14.9. The summed E-state index contributed by atoms with van der Waals surface area (Å²) in [7, 11) is 5.20. The average molecular weight is 1100 g/mol. The lowest BCUT2D eigenvalue weighted by Crippen LogP contribution is -2.53. The number of halogens is 4. The minimum atomic E-state index is -2.95. The number of ether oxygens (including phenoxy) is 3. The van der Waals surface area contributed by atoms with Crippen molar-refractivity contribution in [1.82, 2.24) is 45.8 Å². The molecule has 414 valence electrons. The smallest absolute Gasteiger partial charge is 0.280 e. The second kappa shape index (κ2) is 27.1. The lowest BCUT2D eigenvalue weighted by molar-refractivity contribution is -0.0674. The molecule has 0 spiro atoms. The van der Waals surface area contributed by atoms with Gasteiger partial charge in [0.1, 0.15) is 60.1 Å². The molecule has 2 aliphatic heterocycles. The molecule has 76 heavy (non-hydrogen) atoms. The summed E-state index contributed by atoms with van der Waals surface area (Å²) in [5, 5.41) is 41.5. The van der Waals surface area contributed by atoms with E-state index in [2.05, 4.69) is 43.5 Å². The van der Waals surface area contributed by atoms with Gasteiger partial charge in [0.15, 0.2) is 11.6 Å². The molecule has 6 N–H and O–H groups in total. The third kappa shape index (κ3) is 14.9. The number of likely N-dealkylation sites (tertiary alicyclic amines) is 1. The Kier molecular flexibility index (Phi) is 21.3. The van der Waals surface area contributed by atoms with Crippen molar-refractivity contribution in [3.05, 3.63) is 80.5 Å². The van der Waals surface area contributed by atoms with Crippen molar-refractivity contribution in [2.75, 3.05) is 77.8 Å². The Morgan fingerprint density at radius 1 is 0.737 bits per heavy atom. The molecule has 0 bridgehead atoms. The van der Waals surface area contributed by atoms with Crippen LogP contribution in [0.1, 0.15) is 74.1 Å². The van der Waals surface area contributed by atoms with Crippen LogP contribution in [0, 0.1) is 41.5 Å². The number of aromatic nitrogens is 6. The maximum Gasteiger partial charge on any atom is 0.280 e. The quantitative estimate of drug-likeness (QED) is 0.0471. The third-order valence-corrected chi connectivity index (χ3v) is 13.5. The van der Waals surface area contributed by atoms with E-state index in [1.165, 1.54) is 0 Å². The van der Waals surface area contributed by atoms with Gasteiger partial charge in [-0.15, -0.1) is 0 Å². The second-order valence-electron chi connectivity index (χ2n) is 19.0. The highest BCUT2D eigenvalue weighted by Crippen LogP contribution is 2.40. The molecule has 4 aromatic heterocycles. The van der Waals surface area contributed by atoms with Gasteiger partial charge < -0.3 is 59.6 Å².